The van der Waals surface area contributed by atoms with Crippen LogP contribution in [0.2, 0.25) is 0 Å². The molecule has 0 saturated heterocycles. The summed E-state index contributed by atoms with van der Waals surface area (Å²) in [5.74, 6) is -0.0515. The Morgan fingerprint density at radius 1 is 1.25 bits per heavy atom. The van der Waals surface area contributed by atoms with Gasteiger partial charge in [-0.2, -0.15) is 0 Å². The highest BCUT2D eigenvalue weighted by Gasteiger charge is 2.17. The Balaban J connectivity index is 3.09. The lowest BCUT2D eigenvalue weighted by molar-refractivity contribution is 0.439. The van der Waals surface area contributed by atoms with Crippen molar-refractivity contribution in [2.24, 2.45) is 0 Å². The first-order valence-corrected chi connectivity index (χ1v) is 5.00. The first kappa shape index (κ1) is 10.5. The lowest BCUT2D eigenvalue weighted by Gasteiger charge is -2.06. The smallest absolute Gasteiger partial charge is 0.332 e. The fourth-order valence-corrected chi connectivity index (χ4v) is 1.70. The van der Waals surface area contributed by atoms with E-state index in [9.17, 15) is 9.59 Å². The second kappa shape index (κ2) is 3.51. The van der Waals surface area contributed by atoms with Crippen LogP contribution in [0.5, 0.6) is 0 Å². The number of hydrogen-bond donors (Lipinski definition) is 1. The number of aryl methyl sites for hydroxylation is 1. The van der Waals surface area contributed by atoms with E-state index in [1.165, 1.54) is 4.57 Å². The fourth-order valence-electron chi connectivity index (χ4n) is 1.70. The molecule has 2 aromatic heterocycles. The van der Waals surface area contributed by atoms with Crippen LogP contribution < -0.4 is 17.0 Å². The Hall–Kier alpha value is -2.05. The zero-order chi connectivity index (χ0) is 11.9. The van der Waals surface area contributed by atoms with Gasteiger partial charge in [-0.25, -0.2) is 4.79 Å². The van der Waals surface area contributed by atoms with Crippen LogP contribution in [0.4, 0.5) is 5.88 Å². The number of anilines is 1. The van der Waals surface area contributed by atoms with Crippen LogP contribution in [-0.4, -0.2) is 14.3 Å². The van der Waals surface area contributed by atoms with E-state index in [1.54, 1.807) is 13.8 Å². The number of fused-ring (bicyclic) bond motifs is 1. The molecule has 0 radical (unpaired) electrons. The molecule has 2 N–H and O–H groups in total. The molecule has 0 aliphatic heterocycles. The van der Waals surface area contributed by atoms with Crippen LogP contribution in [0.3, 0.4) is 0 Å². The molecular weight excluding hydrogens is 212 g/mol. The van der Waals surface area contributed by atoms with Gasteiger partial charge in [0.25, 0.3) is 5.56 Å². The number of aromatic nitrogens is 3. The number of rotatable bonds is 2. The molecule has 0 unspecified atom stereocenters. The first-order chi connectivity index (χ1) is 7.61. The molecule has 2 rings (SSSR count). The maximum Gasteiger partial charge on any atom is 0.332 e. The number of hydrogen-bond acceptors (Lipinski definition) is 5. The normalized spacial score (nSPS) is 11.1. The van der Waals surface area contributed by atoms with Crippen LogP contribution in [0.25, 0.3) is 11.0 Å². The summed E-state index contributed by atoms with van der Waals surface area (Å²) in [5, 5.41) is 3.81. The van der Waals surface area contributed by atoms with E-state index in [-0.39, 0.29) is 23.5 Å². The Labute approximate surface area is 90.1 Å². The molecule has 16 heavy (non-hydrogen) atoms. The summed E-state index contributed by atoms with van der Waals surface area (Å²) < 4.78 is 7.22. The maximum absolute atomic E-state index is 11.9. The highest BCUT2D eigenvalue weighted by Crippen LogP contribution is 2.14. The molecule has 0 bridgehead atoms. The van der Waals surface area contributed by atoms with Crippen LogP contribution in [-0.2, 0) is 13.1 Å². The van der Waals surface area contributed by atoms with E-state index in [2.05, 4.69) is 5.16 Å². The minimum absolute atomic E-state index is 0.0515. The minimum Gasteiger partial charge on any atom is -0.367 e. The van der Waals surface area contributed by atoms with Crippen LogP contribution in [0, 0.1) is 0 Å². The maximum atomic E-state index is 11.9. The highest BCUT2D eigenvalue weighted by molar-refractivity contribution is 5.83. The Bertz CT molecular complexity index is 649. The molecule has 0 spiro atoms. The van der Waals surface area contributed by atoms with E-state index in [1.807, 2.05) is 0 Å². The van der Waals surface area contributed by atoms with Crippen LogP contribution >= 0.6 is 0 Å². The van der Waals surface area contributed by atoms with Gasteiger partial charge in [0.05, 0.1) is 0 Å². The second-order valence-electron chi connectivity index (χ2n) is 3.32. The molecule has 0 aliphatic rings. The summed E-state index contributed by atoms with van der Waals surface area (Å²) in [6, 6.07) is 0. The third-order valence-corrected chi connectivity index (χ3v) is 2.51. The zero-order valence-electron chi connectivity index (χ0n) is 9.06. The van der Waals surface area contributed by atoms with E-state index >= 15 is 0 Å². The molecule has 0 fully saturated rings. The standard InChI is InChI=1S/C9H12N4O3/c1-3-12-7-5(6(10)16-11-7)8(14)13(4-2)9(12)15/h3-4,10H2,1-2H3. The molecule has 0 saturated carbocycles. The van der Waals surface area contributed by atoms with E-state index in [4.69, 9.17) is 10.3 Å². The van der Waals surface area contributed by atoms with Crippen molar-refractivity contribution >= 4 is 16.9 Å². The largest absolute Gasteiger partial charge is 0.367 e. The van der Waals surface area contributed by atoms with Crippen molar-refractivity contribution < 1.29 is 4.52 Å². The van der Waals surface area contributed by atoms with Gasteiger partial charge in [-0.3, -0.25) is 13.9 Å². The molecule has 0 aromatic carbocycles. The van der Waals surface area contributed by atoms with Crippen molar-refractivity contribution in [3.63, 3.8) is 0 Å². The van der Waals surface area contributed by atoms with E-state index < -0.39 is 11.2 Å². The molecule has 7 heteroatoms. The highest BCUT2D eigenvalue weighted by atomic mass is 16.5. The van der Waals surface area contributed by atoms with Gasteiger partial charge in [0.1, 0.15) is 5.39 Å². The van der Waals surface area contributed by atoms with Gasteiger partial charge in [-0.1, -0.05) is 5.16 Å². The predicted molar refractivity (Wildman–Crippen MR) is 58.3 cm³/mol. The van der Waals surface area contributed by atoms with Crippen molar-refractivity contribution in [2.45, 2.75) is 26.9 Å². The average Bonchev–Trinajstić information content (AvgIpc) is 2.62. The van der Waals surface area contributed by atoms with Crippen molar-refractivity contribution in [1.82, 2.24) is 14.3 Å². The van der Waals surface area contributed by atoms with Crippen molar-refractivity contribution in [2.75, 3.05) is 5.73 Å². The van der Waals surface area contributed by atoms with Gasteiger partial charge in [-0.05, 0) is 13.8 Å². The summed E-state index contributed by atoms with van der Waals surface area (Å²) in [6.07, 6.45) is 0. The lowest BCUT2D eigenvalue weighted by atomic mass is 10.4. The summed E-state index contributed by atoms with van der Waals surface area (Å²) >= 11 is 0. The van der Waals surface area contributed by atoms with Crippen molar-refractivity contribution in [3.8, 4) is 0 Å². The van der Waals surface area contributed by atoms with Gasteiger partial charge in [0, 0.05) is 13.1 Å². The van der Waals surface area contributed by atoms with Crippen LogP contribution in [0.1, 0.15) is 13.8 Å². The molecule has 2 aromatic rings. The minimum atomic E-state index is -0.453. The molecule has 0 atom stereocenters. The molecule has 0 aliphatic carbocycles. The topological polar surface area (TPSA) is 96.0 Å². The van der Waals surface area contributed by atoms with Gasteiger partial charge in [0.2, 0.25) is 5.88 Å². The molecular formula is C9H12N4O3. The Kier molecular flexibility index (Phi) is 2.30. The Morgan fingerprint density at radius 3 is 2.44 bits per heavy atom. The van der Waals surface area contributed by atoms with Crippen LogP contribution in [0.15, 0.2) is 14.1 Å². The Morgan fingerprint density at radius 2 is 1.88 bits per heavy atom. The molecule has 2 heterocycles. The van der Waals surface area contributed by atoms with Gasteiger partial charge in [-0.15, -0.1) is 0 Å². The molecule has 86 valence electrons. The number of nitrogens with zero attached hydrogens (tertiary/aromatic N) is 3. The quantitative estimate of drug-likeness (QED) is 0.760. The number of nitrogen functional groups attached to an aromatic ring is 1. The van der Waals surface area contributed by atoms with Gasteiger partial charge >= 0.3 is 5.69 Å². The number of nitrogens with two attached hydrogens (primary N) is 1. The average molecular weight is 224 g/mol. The van der Waals surface area contributed by atoms with E-state index in [0.717, 1.165) is 4.57 Å². The van der Waals surface area contributed by atoms with Gasteiger partial charge < -0.3 is 10.3 Å². The van der Waals surface area contributed by atoms with Crippen molar-refractivity contribution in [3.05, 3.63) is 20.8 Å². The second-order valence-corrected chi connectivity index (χ2v) is 3.32. The third kappa shape index (κ3) is 1.17. The summed E-state index contributed by atoms with van der Waals surface area (Å²) in [7, 11) is 0. The summed E-state index contributed by atoms with van der Waals surface area (Å²) in [5.41, 5.74) is 4.88. The fraction of sp³-hybridized carbons (Fsp3) is 0.444. The SMILES string of the molecule is CCn1c(=O)c2c(N)onc2n(CC)c1=O. The van der Waals surface area contributed by atoms with Gasteiger partial charge in [0.15, 0.2) is 5.65 Å². The van der Waals surface area contributed by atoms with E-state index in [0.29, 0.717) is 6.54 Å². The summed E-state index contributed by atoms with van der Waals surface area (Å²) in [6.45, 7) is 4.20. The zero-order valence-corrected chi connectivity index (χ0v) is 9.06. The molecule has 0 amide bonds. The first-order valence-electron chi connectivity index (χ1n) is 5.00. The lowest BCUT2D eigenvalue weighted by Crippen LogP contribution is -2.39. The predicted octanol–water partition coefficient (Wildman–Crippen LogP) is -0.227. The summed E-state index contributed by atoms with van der Waals surface area (Å²) in [4.78, 5) is 23.8. The third-order valence-electron chi connectivity index (χ3n) is 2.51. The van der Waals surface area contributed by atoms with Crippen molar-refractivity contribution in [1.29, 1.82) is 0 Å². The monoisotopic (exact) mass is 224 g/mol. The molecule has 7 nitrogen and oxygen atoms in total.